The topological polar surface area (TPSA) is 62.5 Å². The summed E-state index contributed by atoms with van der Waals surface area (Å²) in [5.41, 5.74) is 4.14. The molecule has 0 aliphatic carbocycles. The Kier molecular flexibility index (Phi) is 7.18. The summed E-state index contributed by atoms with van der Waals surface area (Å²) in [5, 5.41) is 3.08. The molecule has 0 radical (unpaired) electrons. The van der Waals surface area contributed by atoms with Crippen molar-refractivity contribution >= 4 is 22.6 Å². The first kappa shape index (κ1) is 23.1. The number of nitrogens with zero attached hydrogens (tertiary/aromatic N) is 4. The quantitative estimate of drug-likeness (QED) is 0.575. The number of carbonyl (C=O) groups is 1. The first-order chi connectivity index (χ1) is 16.0. The Morgan fingerprint density at radius 2 is 1.70 bits per heavy atom. The monoisotopic (exact) mass is 449 g/mol. The number of nitrogens with one attached hydrogen (secondary N) is 1. The third-order valence-corrected chi connectivity index (χ3v) is 6.57. The van der Waals surface area contributed by atoms with Gasteiger partial charge >= 0.3 is 5.69 Å². The van der Waals surface area contributed by atoms with E-state index < -0.39 is 0 Å². The summed E-state index contributed by atoms with van der Waals surface area (Å²) in [6.45, 7) is 11.8. The number of aryl methyl sites for hydroxylation is 2. The first-order valence-corrected chi connectivity index (χ1v) is 12.0. The molecule has 1 aliphatic heterocycles. The second-order valence-electron chi connectivity index (χ2n) is 9.03. The molecule has 4 rings (SSSR count). The van der Waals surface area contributed by atoms with Crippen LogP contribution in [0.1, 0.15) is 25.8 Å². The third kappa shape index (κ3) is 5.30. The molecule has 2 heterocycles. The minimum Gasteiger partial charge on any atom is -0.369 e. The van der Waals surface area contributed by atoms with Gasteiger partial charge in [-0.2, -0.15) is 0 Å². The highest BCUT2D eigenvalue weighted by molar-refractivity contribution is 5.81. The molecule has 1 atom stereocenters. The van der Waals surface area contributed by atoms with Gasteiger partial charge in [0.25, 0.3) is 0 Å². The predicted octanol–water partition coefficient (Wildman–Crippen LogP) is 2.85. The van der Waals surface area contributed by atoms with E-state index in [2.05, 4.69) is 46.3 Å². The smallest absolute Gasteiger partial charge is 0.329 e. The summed E-state index contributed by atoms with van der Waals surface area (Å²) >= 11 is 0. The molecule has 0 spiro atoms. The molecule has 1 fully saturated rings. The summed E-state index contributed by atoms with van der Waals surface area (Å²) in [6.07, 6.45) is 0.891. The lowest BCUT2D eigenvalue weighted by Gasteiger charge is -2.36. The minimum absolute atomic E-state index is 0.0475. The van der Waals surface area contributed by atoms with Crippen molar-refractivity contribution in [3.05, 3.63) is 64.6 Å². The van der Waals surface area contributed by atoms with Crippen molar-refractivity contribution in [2.24, 2.45) is 0 Å². The van der Waals surface area contributed by atoms with Gasteiger partial charge in [0.1, 0.15) is 6.54 Å². The van der Waals surface area contributed by atoms with Crippen LogP contribution in [0.25, 0.3) is 11.0 Å². The Morgan fingerprint density at radius 1 is 1.00 bits per heavy atom. The van der Waals surface area contributed by atoms with Crippen LogP contribution in [-0.2, 0) is 17.9 Å². The fourth-order valence-electron chi connectivity index (χ4n) is 4.70. The molecule has 7 nitrogen and oxygen atoms in total. The lowest BCUT2D eigenvalue weighted by molar-refractivity contribution is -0.122. The van der Waals surface area contributed by atoms with Gasteiger partial charge in [0.05, 0.1) is 11.0 Å². The van der Waals surface area contributed by atoms with Gasteiger partial charge in [0.2, 0.25) is 5.91 Å². The van der Waals surface area contributed by atoms with Crippen molar-refractivity contribution in [2.45, 2.75) is 46.3 Å². The van der Waals surface area contributed by atoms with E-state index in [1.807, 2.05) is 38.1 Å². The third-order valence-electron chi connectivity index (χ3n) is 6.57. The van der Waals surface area contributed by atoms with E-state index >= 15 is 0 Å². The van der Waals surface area contributed by atoms with Crippen molar-refractivity contribution in [2.75, 3.05) is 37.6 Å². The molecule has 0 bridgehead atoms. The van der Waals surface area contributed by atoms with Crippen LogP contribution in [0, 0.1) is 6.92 Å². The highest BCUT2D eigenvalue weighted by atomic mass is 16.2. The zero-order valence-electron chi connectivity index (χ0n) is 20.0. The van der Waals surface area contributed by atoms with E-state index in [-0.39, 0.29) is 24.2 Å². The van der Waals surface area contributed by atoms with Gasteiger partial charge in [-0.05, 0) is 57.0 Å². The summed E-state index contributed by atoms with van der Waals surface area (Å²) in [6, 6.07) is 16.4. The fourth-order valence-corrected chi connectivity index (χ4v) is 4.70. The maximum atomic E-state index is 12.8. The van der Waals surface area contributed by atoms with Crippen LogP contribution in [-0.4, -0.2) is 58.7 Å². The molecule has 33 heavy (non-hydrogen) atoms. The Hall–Kier alpha value is -3.06. The molecule has 3 aromatic rings. The lowest BCUT2D eigenvalue weighted by atomic mass is 10.1. The van der Waals surface area contributed by atoms with Crippen molar-refractivity contribution in [3.8, 4) is 0 Å². The molecular formula is C26H35N5O2. The van der Waals surface area contributed by atoms with Gasteiger partial charge < -0.3 is 10.2 Å². The number of anilines is 1. The normalized spacial score (nSPS) is 15.7. The molecule has 1 aliphatic rings. The number of piperazine rings is 1. The first-order valence-electron chi connectivity index (χ1n) is 12.0. The van der Waals surface area contributed by atoms with Gasteiger partial charge in [-0.3, -0.25) is 18.8 Å². The average Bonchev–Trinajstić information content (AvgIpc) is 3.08. The molecule has 1 aromatic heterocycles. The minimum atomic E-state index is -0.131. The van der Waals surface area contributed by atoms with Crippen LogP contribution in [0.4, 0.5) is 5.69 Å². The number of hydrogen-bond donors (Lipinski definition) is 1. The molecule has 7 heteroatoms. The van der Waals surface area contributed by atoms with Crippen LogP contribution < -0.4 is 15.9 Å². The summed E-state index contributed by atoms with van der Waals surface area (Å²) in [4.78, 5) is 30.4. The van der Waals surface area contributed by atoms with Crippen LogP contribution in [0.15, 0.2) is 53.3 Å². The van der Waals surface area contributed by atoms with Crippen molar-refractivity contribution in [1.82, 2.24) is 19.4 Å². The Bertz CT molecular complexity index is 1160. The number of fused-ring (bicyclic) bond motifs is 1. The standard InChI is InChI=1S/C26H35N5O2/c1-4-30-23-10-5-6-11-24(23)31(26(30)33)19-25(32)27-21(3)12-13-28-14-16-29(17-15-28)22-9-7-8-20(2)18-22/h5-11,18,21H,4,12-17,19H2,1-3H3,(H,27,32)/t21-/m1/s1. The average molecular weight is 450 g/mol. The fraction of sp³-hybridized carbons (Fsp3) is 0.462. The van der Waals surface area contributed by atoms with Crippen molar-refractivity contribution in [1.29, 1.82) is 0 Å². The summed E-state index contributed by atoms with van der Waals surface area (Å²) in [5.74, 6) is -0.118. The van der Waals surface area contributed by atoms with E-state index in [9.17, 15) is 9.59 Å². The van der Waals surface area contributed by atoms with Crippen molar-refractivity contribution < 1.29 is 4.79 Å². The van der Waals surface area contributed by atoms with E-state index in [1.54, 1.807) is 9.13 Å². The van der Waals surface area contributed by atoms with Gasteiger partial charge in [0, 0.05) is 51.0 Å². The lowest BCUT2D eigenvalue weighted by Crippen LogP contribution is -2.47. The molecule has 1 saturated heterocycles. The predicted molar refractivity (Wildman–Crippen MR) is 134 cm³/mol. The number of aromatic nitrogens is 2. The molecular weight excluding hydrogens is 414 g/mol. The number of imidazole rings is 1. The van der Waals surface area contributed by atoms with Gasteiger partial charge in [-0.25, -0.2) is 4.79 Å². The number of benzene rings is 2. The number of amides is 1. The SMILES string of the molecule is CCn1c(=O)n(CC(=O)N[C@H](C)CCN2CCN(c3cccc(C)c3)CC2)c2ccccc21. The molecule has 1 N–H and O–H groups in total. The van der Waals surface area contributed by atoms with E-state index in [4.69, 9.17) is 0 Å². The van der Waals surface area contributed by atoms with Gasteiger partial charge in [-0.1, -0.05) is 24.3 Å². The number of para-hydroxylation sites is 2. The summed E-state index contributed by atoms with van der Waals surface area (Å²) in [7, 11) is 0. The molecule has 0 unspecified atom stereocenters. The Balaban J connectivity index is 1.26. The maximum Gasteiger partial charge on any atom is 0.329 e. The molecule has 176 valence electrons. The molecule has 2 aromatic carbocycles. The Labute approximate surface area is 195 Å². The highest BCUT2D eigenvalue weighted by Gasteiger charge is 2.19. The molecule has 1 amide bonds. The van der Waals surface area contributed by atoms with Crippen molar-refractivity contribution in [3.63, 3.8) is 0 Å². The zero-order valence-corrected chi connectivity index (χ0v) is 20.0. The van der Waals surface area contributed by atoms with Crippen LogP contribution in [0.3, 0.4) is 0 Å². The van der Waals surface area contributed by atoms with E-state index in [1.165, 1.54) is 11.3 Å². The van der Waals surface area contributed by atoms with Crippen LogP contribution >= 0.6 is 0 Å². The maximum absolute atomic E-state index is 12.8. The highest BCUT2D eigenvalue weighted by Crippen LogP contribution is 2.18. The second kappa shape index (κ2) is 10.3. The molecule has 0 saturated carbocycles. The van der Waals surface area contributed by atoms with Gasteiger partial charge in [-0.15, -0.1) is 0 Å². The number of rotatable bonds is 8. The number of carbonyl (C=O) groups excluding carboxylic acids is 1. The van der Waals surface area contributed by atoms with E-state index in [0.717, 1.165) is 50.2 Å². The zero-order chi connectivity index (χ0) is 23.4. The second-order valence-corrected chi connectivity index (χ2v) is 9.03. The van der Waals surface area contributed by atoms with E-state index in [0.29, 0.717) is 6.54 Å². The van der Waals surface area contributed by atoms with Crippen LogP contribution in [0.5, 0.6) is 0 Å². The summed E-state index contributed by atoms with van der Waals surface area (Å²) < 4.78 is 3.29. The van der Waals surface area contributed by atoms with Gasteiger partial charge in [0.15, 0.2) is 0 Å². The largest absolute Gasteiger partial charge is 0.369 e. The van der Waals surface area contributed by atoms with Crippen LogP contribution in [0.2, 0.25) is 0 Å². The number of hydrogen-bond acceptors (Lipinski definition) is 4. The Morgan fingerprint density at radius 3 is 2.36 bits per heavy atom.